The van der Waals surface area contributed by atoms with Crippen molar-refractivity contribution in [3.63, 3.8) is 0 Å². The van der Waals surface area contributed by atoms with Gasteiger partial charge in [0.15, 0.2) is 0 Å². The summed E-state index contributed by atoms with van der Waals surface area (Å²) in [6.07, 6.45) is 2.09. The number of carbonyl (C=O) groups is 1. The van der Waals surface area contributed by atoms with Crippen LogP contribution in [0.15, 0.2) is 48.7 Å². The minimum absolute atomic E-state index is 0.0515. The molecule has 1 fully saturated rings. The van der Waals surface area contributed by atoms with Crippen molar-refractivity contribution < 1.29 is 4.79 Å². The average molecular weight is 288 g/mol. The zero-order valence-corrected chi connectivity index (χ0v) is 11.5. The van der Waals surface area contributed by atoms with Crippen LogP contribution in [-0.2, 0) is 4.79 Å². The molecule has 1 saturated heterocycles. The fourth-order valence-electron chi connectivity index (χ4n) is 2.20. The lowest BCUT2D eigenvalue weighted by Gasteiger charge is -2.15. The van der Waals surface area contributed by atoms with E-state index < -0.39 is 0 Å². The van der Waals surface area contributed by atoms with Gasteiger partial charge in [-0.25, -0.2) is 4.98 Å². The van der Waals surface area contributed by atoms with Gasteiger partial charge in [-0.1, -0.05) is 18.2 Å². The number of hydrogen-bond acceptors (Lipinski definition) is 3. The van der Waals surface area contributed by atoms with Gasteiger partial charge in [-0.3, -0.25) is 4.79 Å². The van der Waals surface area contributed by atoms with Gasteiger partial charge in [-0.05, 0) is 24.3 Å². The van der Waals surface area contributed by atoms with E-state index in [1.807, 2.05) is 42.5 Å². The second-order valence-corrected chi connectivity index (χ2v) is 5.32. The Morgan fingerprint density at radius 1 is 1.20 bits per heavy atom. The summed E-state index contributed by atoms with van der Waals surface area (Å²) in [4.78, 5) is 17.8. The first-order valence-electron chi connectivity index (χ1n) is 6.45. The number of benzene rings is 1. The Hall–Kier alpha value is -2.07. The van der Waals surface area contributed by atoms with E-state index in [1.165, 1.54) is 0 Å². The van der Waals surface area contributed by atoms with Gasteiger partial charge in [-0.2, -0.15) is 0 Å². The molecule has 20 heavy (non-hydrogen) atoms. The lowest BCUT2D eigenvalue weighted by molar-refractivity contribution is -0.117. The standard InChI is InChI=1S/C15H14ClN3O/c16-11-8-15(20)19(10-11)13-6-7-14(17-9-13)18-12-4-2-1-3-5-12/h1-7,9,11H,8,10H2,(H,17,18). The smallest absolute Gasteiger partial charge is 0.228 e. The third kappa shape index (κ3) is 2.75. The van der Waals surface area contributed by atoms with Crippen molar-refractivity contribution >= 4 is 34.7 Å². The highest BCUT2D eigenvalue weighted by molar-refractivity contribution is 6.24. The second-order valence-electron chi connectivity index (χ2n) is 4.70. The molecule has 1 aliphatic heterocycles. The monoisotopic (exact) mass is 287 g/mol. The van der Waals surface area contributed by atoms with Crippen molar-refractivity contribution in [2.24, 2.45) is 0 Å². The van der Waals surface area contributed by atoms with Crippen LogP contribution < -0.4 is 10.2 Å². The van der Waals surface area contributed by atoms with Gasteiger partial charge in [0.05, 0.1) is 17.3 Å². The third-order valence-corrected chi connectivity index (χ3v) is 3.48. The van der Waals surface area contributed by atoms with E-state index in [2.05, 4.69) is 10.3 Å². The molecule has 1 aromatic heterocycles. The Bertz CT molecular complexity index is 600. The Morgan fingerprint density at radius 3 is 2.60 bits per heavy atom. The van der Waals surface area contributed by atoms with Gasteiger partial charge in [0.1, 0.15) is 5.82 Å². The molecule has 1 aromatic carbocycles. The summed E-state index contributed by atoms with van der Waals surface area (Å²) in [5, 5.41) is 3.09. The van der Waals surface area contributed by atoms with Crippen molar-refractivity contribution in [3.8, 4) is 0 Å². The summed E-state index contributed by atoms with van der Waals surface area (Å²) in [5.41, 5.74) is 1.77. The number of rotatable bonds is 3. The molecule has 2 aromatic rings. The van der Waals surface area contributed by atoms with E-state index in [-0.39, 0.29) is 11.3 Å². The number of carbonyl (C=O) groups excluding carboxylic acids is 1. The van der Waals surface area contributed by atoms with Crippen LogP contribution in [0.4, 0.5) is 17.2 Å². The first-order chi connectivity index (χ1) is 9.72. The predicted molar refractivity (Wildman–Crippen MR) is 80.6 cm³/mol. The lowest BCUT2D eigenvalue weighted by atomic mass is 10.3. The minimum atomic E-state index is -0.107. The summed E-state index contributed by atoms with van der Waals surface area (Å²) in [7, 11) is 0. The van der Waals surface area contributed by atoms with Crippen molar-refractivity contribution in [1.29, 1.82) is 0 Å². The van der Waals surface area contributed by atoms with E-state index in [9.17, 15) is 4.79 Å². The molecule has 3 rings (SSSR count). The van der Waals surface area contributed by atoms with Gasteiger partial charge in [0.2, 0.25) is 5.91 Å². The number of amides is 1. The average Bonchev–Trinajstić information content (AvgIpc) is 2.80. The van der Waals surface area contributed by atoms with E-state index in [0.717, 1.165) is 17.2 Å². The molecule has 1 atom stereocenters. The molecule has 5 heteroatoms. The number of nitrogens with zero attached hydrogens (tertiary/aromatic N) is 2. The van der Waals surface area contributed by atoms with E-state index in [0.29, 0.717) is 13.0 Å². The molecular weight excluding hydrogens is 274 g/mol. The van der Waals surface area contributed by atoms with Crippen molar-refractivity contribution in [2.45, 2.75) is 11.8 Å². The van der Waals surface area contributed by atoms with E-state index in [1.54, 1.807) is 11.1 Å². The van der Waals surface area contributed by atoms with Gasteiger partial charge in [0.25, 0.3) is 0 Å². The largest absolute Gasteiger partial charge is 0.340 e. The van der Waals surface area contributed by atoms with Crippen molar-refractivity contribution in [3.05, 3.63) is 48.7 Å². The highest BCUT2D eigenvalue weighted by Crippen LogP contribution is 2.24. The van der Waals surface area contributed by atoms with Crippen LogP contribution in [-0.4, -0.2) is 22.8 Å². The van der Waals surface area contributed by atoms with Crippen LogP contribution in [0, 0.1) is 0 Å². The molecule has 2 heterocycles. The maximum Gasteiger partial charge on any atom is 0.228 e. The molecule has 0 spiro atoms. The molecule has 1 unspecified atom stereocenters. The SMILES string of the molecule is O=C1CC(Cl)CN1c1ccc(Nc2ccccc2)nc1. The number of aromatic nitrogens is 1. The highest BCUT2D eigenvalue weighted by Gasteiger charge is 2.29. The lowest BCUT2D eigenvalue weighted by Crippen LogP contribution is -2.24. The molecular formula is C15H14ClN3O. The van der Waals surface area contributed by atoms with Crippen molar-refractivity contribution in [2.75, 3.05) is 16.8 Å². The minimum Gasteiger partial charge on any atom is -0.340 e. The Labute approximate surface area is 122 Å². The first kappa shape index (κ1) is 12.9. The van der Waals surface area contributed by atoms with Crippen LogP contribution in [0.2, 0.25) is 0 Å². The topological polar surface area (TPSA) is 45.2 Å². The molecule has 1 aliphatic rings. The molecule has 0 bridgehead atoms. The van der Waals surface area contributed by atoms with E-state index >= 15 is 0 Å². The number of hydrogen-bond donors (Lipinski definition) is 1. The fraction of sp³-hybridized carbons (Fsp3) is 0.200. The zero-order valence-electron chi connectivity index (χ0n) is 10.8. The Kier molecular flexibility index (Phi) is 3.56. The number of pyridine rings is 1. The molecule has 102 valence electrons. The number of anilines is 3. The molecule has 0 aliphatic carbocycles. The molecule has 1 N–H and O–H groups in total. The predicted octanol–water partition coefficient (Wildman–Crippen LogP) is 3.17. The molecule has 0 saturated carbocycles. The van der Waals surface area contributed by atoms with E-state index in [4.69, 9.17) is 11.6 Å². The summed E-state index contributed by atoms with van der Waals surface area (Å²) in [6, 6.07) is 13.6. The molecule has 1 amide bonds. The van der Waals surface area contributed by atoms with Crippen LogP contribution in [0.5, 0.6) is 0 Å². The summed E-state index contributed by atoms with van der Waals surface area (Å²) in [6.45, 7) is 0.549. The number of alkyl halides is 1. The van der Waals surface area contributed by atoms with Crippen LogP contribution in [0.25, 0.3) is 0 Å². The van der Waals surface area contributed by atoms with Crippen LogP contribution >= 0.6 is 11.6 Å². The summed E-state index contributed by atoms with van der Waals surface area (Å²) in [5.74, 6) is 0.796. The number of para-hydroxylation sites is 1. The first-order valence-corrected chi connectivity index (χ1v) is 6.88. The quantitative estimate of drug-likeness (QED) is 0.882. The number of nitrogens with one attached hydrogen (secondary N) is 1. The maximum atomic E-state index is 11.8. The Balaban J connectivity index is 1.73. The van der Waals surface area contributed by atoms with Crippen LogP contribution in [0.3, 0.4) is 0 Å². The number of halogens is 1. The fourth-order valence-corrected chi connectivity index (χ4v) is 2.47. The van der Waals surface area contributed by atoms with Gasteiger partial charge in [0, 0.05) is 18.7 Å². The van der Waals surface area contributed by atoms with Crippen LogP contribution in [0.1, 0.15) is 6.42 Å². The summed E-state index contributed by atoms with van der Waals surface area (Å²) >= 11 is 6.00. The molecule has 4 nitrogen and oxygen atoms in total. The van der Waals surface area contributed by atoms with Gasteiger partial charge >= 0.3 is 0 Å². The molecule has 0 radical (unpaired) electrons. The second kappa shape index (κ2) is 5.51. The maximum absolute atomic E-state index is 11.8. The normalized spacial score (nSPS) is 18.4. The highest BCUT2D eigenvalue weighted by atomic mass is 35.5. The van der Waals surface area contributed by atoms with Gasteiger partial charge < -0.3 is 10.2 Å². The van der Waals surface area contributed by atoms with Crippen molar-refractivity contribution in [1.82, 2.24) is 4.98 Å². The Morgan fingerprint density at radius 2 is 2.00 bits per heavy atom. The summed E-state index contributed by atoms with van der Waals surface area (Å²) < 4.78 is 0. The zero-order chi connectivity index (χ0) is 13.9. The van der Waals surface area contributed by atoms with Gasteiger partial charge in [-0.15, -0.1) is 11.6 Å². The third-order valence-electron chi connectivity index (χ3n) is 3.18.